The molecule has 21 heavy (non-hydrogen) atoms. The second-order valence-electron chi connectivity index (χ2n) is 3.37. The molecule has 0 aliphatic carbocycles. The van der Waals surface area contributed by atoms with E-state index in [9.17, 15) is 52.7 Å². The van der Waals surface area contributed by atoms with E-state index in [0.29, 0.717) is 0 Å². The van der Waals surface area contributed by atoms with Crippen LogP contribution in [0.5, 0.6) is 0 Å². The van der Waals surface area contributed by atoms with Gasteiger partial charge in [0.1, 0.15) is 4.49 Å². The van der Waals surface area contributed by atoms with Gasteiger partial charge in [-0.1, -0.05) is 23.2 Å². The van der Waals surface area contributed by atoms with Crippen LogP contribution in [-0.2, 0) is 0 Å². The topological polar surface area (TPSA) is 0 Å². The summed E-state index contributed by atoms with van der Waals surface area (Å²) in [4.78, 5) is 0. The van der Waals surface area contributed by atoms with Gasteiger partial charge in [0.2, 0.25) is 5.83 Å². The average molecular weight is 383 g/mol. The van der Waals surface area contributed by atoms with E-state index in [0.717, 1.165) is 0 Å². The van der Waals surface area contributed by atoms with Crippen LogP contribution in [0.3, 0.4) is 0 Å². The Balaban J connectivity index is 6.20. The van der Waals surface area contributed by atoms with Crippen LogP contribution in [0.25, 0.3) is 0 Å². The van der Waals surface area contributed by atoms with Crippen molar-refractivity contribution in [3.8, 4) is 0 Å². The third-order valence-electron chi connectivity index (χ3n) is 1.98. The van der Waals surface area contributed by atoms with Crippen molar-refractivity contribution in [1.29, 1.82) is 0 Å². The Bertz CT molecular complexity index is 429. The zero-order chi connectivity index (χ0) is 17.7. The lowest BCUT2D eigenvalue weighted by molar-refractivity contribution is -0.419. The summed E-state index contributed by atoms with van der Waals surface area (Å²) < 4.78 is 146. The summed E-state index contributed by atoms with van der Waals surface area (Å²) in [5, 5.41) is 0. The highest BCUT2D eigenvalue weighted by molar-refractivity contribution is 6.56. The summed E-state index contributed by atoms with van der Waals surface area (Å²) in [6.45, 7) is 0. The first-order valence-corrected chi connectivity index (χ1v) is 4.90. The minimum atomic E-state index is -7.71. The molecule has 0 nitrogen and oxygen atoms in total. The first kappa shape index (κ1) is 20.5. The number of alkyl halides is 11. The van der Waals surface area contributed by atoms with E-state index in [1.54, 1.807) is 0 Å². The predicted molar refractivity (Wildman–Crippen MR) is 45.7 cm³/mol. The number of halogens is 14. The highest BCUT2D eigenvalue weighted by atomic mass is 35.5. The smallest absolute Gasteiger partial charge is 0.202 e. The van der Waals surface area contributed by atoms with Gasteiger partial charge in [-0.3, -0.25) is 0 Å². The van der Waals surface area contributed by atoms with Crippen LogP contribution in [0.2, 0.25) is 0 Å². The minimum absolute atomic E-state index is 2.36. The van der Waals surface area contributed by atoms with Crippen molar-refractivity contribution in [2.45, 2.75) is 29.9 Å². The molecule has 0 aromatic rings. The van der Waals surface area contributed by atoms with E-state index >= 15 is 0 Å². The molecule has 0 aromatic carbocycles. The summed E-state index contributed by atoms with van der Waals surface area (Å²) >= 11 is 8.55. The third kappa shape index (κ3) is 2.88. The molecule has 0 N–H and O–H groups in total. The van der Waals surface area contributed by atoms with E-state index in [1.807, 2.05) is 0 Å². The largest absolute Gasteiger partial charge is 0.460 e. The Morgan fingerprint density at radius 1 is 0.571 bits per heavy atom. The summed E-state index contributed by atoms with van der Waals surface area (Å²) in [7, 11) is 0. The van der Waals surface area contributed by atoms with Crippen LogP contribution in [0, 0.1) is 0 Å². The molecular formula is C7Cl2F12. The van der Waals surface area contributed by atoms with Gasteiger partial charge in [0.25, 0.3) is 0 Å². The zero-order valence-corrected chi connectivity index (χ0v) is 10.3. The molecule has 14 heteroatoms. The lowest BCUT2D eigenvalue weighted by atomic mass is 9.97. The number of hydrogen-bond donors (Lipinski definition) is 0. The van der Waals surface area contributed by atoms with Crippen molar-refractivity contribution < 1.29 is 52.7 Å². The molecule has 0 spiro atoms. The van der Waals surface area contributed by atoms with Crippen LogP contribution < -0.4 is 0 Å². The molecule has 0 amide bonds. The van der Waals surface area contributed by atoms with Gasteiger partial charge in [0, 0.05) is 0 Å². The molecule has 0 fully saturated rings. The Morgan fingerprint density at radius 3 is 1.14 bits per heavy atom. The maximum atomic E-state index is 12.7. The van der Waals surface area contributed by atoms with Gasteiger partial charge in [-0.2, -0.15) is 48.3 Å². The standard InChI is InChI=1S/C7Cl2F12/c8-2(9)1(10)3(11,12)4(13,14)5(15,16)6(17,18)7(19,20)21. The first-order chi connectivity index (χ1) is 8.85. The van der Waals surface area contributed by atoms with Gasteiger partial charge >= 0.3 is 29.9 Å². The molecule has 0 aromatic heterocycles. The molecule has 0 aliphatic rings. The molecule has 0 rings (SSSR count). The molecule has 0 saturated heterocycles. The SMILES string of the molecule is FC(=C(Cl)Cl)C(F)(F)C(F)(F)C(F)(F)C(F)(F)C(F)(F)F. The van der Waals surface area contributed by atoms with Crippen molar-refractivity contribution in [2.24, 2.45) is 0 Å². The van der Waals surface area contributed by atoms with Crippen LogP contribution in [0.1, 0.15) is 0 Å². The quantitative estimate of drug-likeness (QED) is 0.546. The Hall–Kier alpha value is -0.520. The van der Waals surface area contributed by atoms with Crippen LogP contribution in [0.15, 0.2) is 10.3 Å². The minimum Gasteiger partial charge on any atom is -0.202 e. The summed E-state index contributed by atoms with van der Waals surface area (Å²) in [6.07, 6.45) is -7.32. The third-order valence-corrected chi connectivity index (χ3v) is 2.31. The van der Waals surface area contributed by atoms with E-state index < -0.39 is 40.2 Å². The van der Waals surface area contributed by atoms with Gasteiger partial charge in [0.15, 0.2) is 0 Å². The molecule has 0 aliphatic heterocycles. The number of rotatable bonds is 4. The van der Waals surface area contributed by atoms with Gasteiger partial charge in [-0.15, -0.1) is 0 Å². The average Bonchev–Trinajstić information content (AvgIpc) is 2.25. The van der Waals surface area contributed by atoms with Gasteiger partial charge in [0.05, 0.1) is 0 Å². The Kier molecular flexibility index (Phi) is 5.15. The predicted octanol–water partition coefficient (Wildman–Crippen LogP) is 5.71. The van der Waals surface area contributed by atoms with Gasteiger partial charge in [-0.25, -0.2) is 4.39 Å². The van der Waals surface area contributed by atoms with Gasteiger partial charge < -0.3 is 0 Å². The fourth-order valence-corrected chi connectivity index (χ4v) is 1.07. The van der Waals surface area contributed by atoms with Crippen LogP contribution in [0.4, 0.5) is 52.7 Å². The number of allylic oxidation sites excluding steroid dienone is 1. The highest BCUT2D eigenvalue weighted by Gasteiger charge is 2.88. The molecule has 0 unspecified atom stereocenters. The summed E-state index contributed by atoms with van der Waals surface area (Å²) in [5.74, 6) is -33.3. The molecule has 0 bridgehead atoms. The molecule has 0 atom stereocenters. The monoisotopic (exact) mass is 382 g/mol. The lowest BCUT2D eigenvalue weighted by Gasteiger charge is -2.36. The molecule has 0 saturated carbocycles. The maximum Gasteiger partial charge on any atom is 0.460 e. The van der Waals surface area contributed by atoms with E-state index in [-0.39, 0.29) is 0 Å². The van der Waals surface area contributed by atoms with Crippen molar-refractivity contribution in [2.75, 3.05) is 0 Å². The zero-order valence-electron chi connectivity index (χ0n) is 8.79. The van der Waals surface area contributed by atoms with Crippen molar-refractivity contribution in [3.05, 3.63) is 10.3 Å². The lowest BCUT2D eigenvalue weighted by Crippen LogP contribution is -2.66. The highest BCUT2D eigenvalue weighted by Crippen LogP contribution is 2.59. The fraction of sp³-hybridized carbons (Fsp3) is 0.714. The molecule has 126 valence electrons. The van der Waals surface area contributed by atoms with Crippen molar-refractivity contribution in [3.63, 3.8) is 0 Å². The number of hydrogen-bond acceptors (Lipinski definition) is 0. The Morgan fingerprint density at radius 2 is 0.905 bits per heavy atom. The van der Waals surface area contributed by atoms with E-state index in [4.69, 9.17) is 0 Å². The Labute approximate surface area is 117 Å². The second-order valence-corrected chi connectivity index (χ2v) is 4.32. The summed E-state index contributed by atoms with van der Waals surface area (Å²) in [5.41, 5.74) is 0. The van der Waals surface area contributed by atoms with Crippen molar-refractivity contribution >= 4 is 23.2 Å². The fourth-order valence-electron chi connectivity index (χ4n) is 0.829. The molecular weight excluding hydrogens is 383 g/mol. The molecule has 0 radical (unpaired) electrons. The van der Waals surface area contributed by atoms with Gasteiger partial charge in [-0.05, 0) is 0 Å². The summed E-state index contributed by atoms with van der Waals surface area (Å²) in [6, 6.07) is 0. The van der Waals surface area contributed by atoms with Crippen molar-refractivity contribution in [1.82, 2.24) is 0 Å². The first-order valence-electron chi connectivity index (χ1n) is 4.15. The maximum absolute atomic E-state index is 12.7. The van der Waals surface area contributed by atoms with Crippen LogP contribution in [-0.4, -0.2) is 29.9 Å². The molecule has 0 heterocycles. The van der Waals surface area contributed by atoms with E-state index in [2.05, 4.69) is 23.2 Å². The van der Waals surface area contributed by atoms with Crippen LogP contribution >= 0.6 is 23.2 Å². The normalized spacial score (nSPS) is 15.1. The second kappa shape index (κ2) is 5.28. The van der Waals surface area contributed by atoms with E-state index in [1.165, 1.54) is 0 Å².